The highest BCUT2D eigenvalue weighted by Crippen LogP contribution is 2.32. The summed E-state index contributed by atoms with van der Waals surface area (Å²) in [6.45, 7) is 6.76. The maximum Gasteiger partial charge on any atom is 0.408 e. The van der Waals surface area contributed by atoms with Gasteiger partial charge in [0.15, 0.2) is 0 Å². The number of hydrogen-bond acceptors (Lipinski definition) is 6. The topological polar surface area (TPSA) is 151 Å². The van der Waals surface area contributed by atoms with E-state index in [-0.39, 0.29) is 30.2 Å². The van der Waals surface area contributed by atoms with Crippen molar-refractivity contribution in [2.24, 2.45) is 5.73 Å². The molecule has 1 aromatic carbocycles. The number of carbonyl (C=O) groups is 4. The lowest BCUT2D eigenvalue weighted by Crippen LogP contribution is -2.52. The molecule has 0 bridgehead atoms. The molecule has 0 aromatic heterocycles. The second kappa shape index (κ2) is 12.6. The maximum absolute atomic E-state index is 13.6. The summed E-state index contributed by atoms with van der Waals surface area (Å²) in [6.07, 6.45) is 3.76. The van der Waals surface area contributed by atoms with Crippen molar-refractivity contribution in [2.75, 3.05) is 7.05 Å². The van der Waals surface area contributed by atoms with Crippen LogP contribution in [0.15, 0.2) is 18.2 Å². The number of nitrogens with zero attached hydrogens (tertiary/aromatic N) is 1. The lowest BCUT2D eigenvalue weighted by atomic mass is 9.94. The lowest BCUT2D eigenvalue weighted by Gasteiger charge is -2.33. The molecular weight excluding hydrogens is 464 g/mol. The maximum atomic E-state index is 13.6. The number of benzene rings is 1. The SMILES string of the molecule is Cc1cccc(C(C(=O)NC2CCCCC2)N(C)C(=O)C(CCC(N)=O)NC(=O)OC(C)(C)C)c1O. The first-order valence-electron chi connectivity index (χ1n) is 12.4. The average molecular weight is 505 g/mol. The molecule has 10 heteroatoms. The number of ether oxygens (including phenoxy) is 1. The van der Waals surface area contributed by atoms with Crippen LogP contribution in [0.2, 0.25) is 0 Å². The van der Waals surface area contributed by atoms with E-state index in [1.807, 2.05) is 0 Å². The van der Waals surface area contributed by atoms with Gasteiger partial charge in [-0.2, -0.15) is 0 Å². The monoisotopic (exact) mass is 504 g/mol. The molecule has 36 heavy (non-hydrogen) atoms. The zero-order valence-electron chi connectivity index (χ0n) is 21.9. The van der Waals surface area contributed by atoms with Crippen molar-refractivity contribution >= 4 is 23.8 Å². The van der Waals surface area contributed by atoms with Crippen molar-refractivity contribution in [1.82, 2.24) is 15.5 Å². The number of rotatable bonds is 9. The van der Waals surface area contributed by atoms with Crippen molar-refractivity contribution in [2.45, 2.75) is 96.4 Å². The third-order valence-electron chi connectivity index (χ3n) is 6.17. The number of para-hydroxylation sites is 1. The number of amides is 4. The molecule has 1 saturated carbocycles. The number of primary amides is 1. The molecule has 1 aliphatic carbocycles. The Kier molecular flexibility index (Phi) is 10.1. The molecule has 200 valence electrons. The van der Waals surface area contributed by atoms with Crippen LogP contribution in [0, 0.1) is 6.92 Å². The molecule has 0 spiro atoms. The van der Waals surface area contributed by atoms with E-state index in [2.05, 4.69) is 10.6 Å². The Bertz CT molecular complexity index is 952. The van der Waals surface area contributed by atoms with E-state index in [1.54, 1.807) is 45.9 Å². The fourth-order valence-corrected chi connectivity index (χ4v) is 4.32. The Hall–Kier alpha value is -3.30. The van der Waals surface area contributed by atoms with Gasteiger partial charge in [-0.05, 0) is 52.5 Å². The molecule has 1 fully saturated rings. The summed E-state index contributed by atoms with van der Waals surface area (Å²) in [5, 5.41) is 16.3. The minimum Gasteiger partial charge on any atom is -0.507 e. The van der Waals surface area contributed by atoms with E-state index >= 15 is 0 Å². The highest BCUT2D eigenvalue weighted by Gasteiger charge is 2.36. The molecule has 2 unspecified atom stereocenters. The van der Waals surface area contributed by atoms with Gasteiger partial charge in [0, 0.05) is 25.1 Å². The van der Waals surface area contributed by atoms with Gasteiger partial charge in [-0.1, -0.05) is 37.5 Å². The number of carbonyl (C=O) groups excluding carboxylic acids is 4. The van der Waals surface area contributed by atoms with Gasteiger partial charge in [0.05, 0.1) is 0 Å². The van der Waals surface area contributed by atoms with E-state index < -0.39 is 41.5 Å². The molecule has 1 aliphatic rings. The van der Waals surface area contributed by atoms with Crippen LogP contribution < -0.4 is 16.4 Å². The standard InChI is InChI=1S/C26H40N4O6/c1-16-10-9-13-18(22(16)32)21(23(33)28-17-11-7-6-8-12-17)30(5)24(34)19(14-15-20(27)31)29-25(35)36-26(2,3)4/h9-10,13,17,19,21,32H,6-8,11-12,14-15H2,1-5H3,(H2,27,31)(H,28,33)(H,29,35). The van der Waals surface area contributed by atoms with Gasteiger partial charge in [0.2, 0.25) is 17.7 Å². The summed E-state index contributed by atoms with van der Waals surface area (Å²) in [6, 6.07) is 2.65. The number of nitrogens with two attached hydrogens (primary N) is 1. The van der Waals surface area contributed by atoms with Crippen molar-refractivity contribution in [3.63, 3.8) is 0 Å². The third-order valence-corrected chi connectivity index (χ3v) is 6.17. The van der Waals surface area contributed by atoms with Crippen LogP contribution in [0.25, 0.3) is 0 Å². The smallest absolute Gasteiger partial charge is 0.408 e. The van der Waals surface area contributed by atoms with Crippen LogP contribution in [0.3, 0.4) is 0 Å². The minimum atomic E-state index is -1.17. The number of nitrogens with one attached hydrogen (secondary N) is 2. The number of alkyl carbamates (subject to hydrolysis) is 1. The third kappa shape index (κ3) is 8.42. The Labute approximate surface area is 212 Å². The molecule has 0 heterocycles. The number of phenolic OH excluding ortho intramolecular Hbond substituents is 1. The predicted molar refractivity (Wildman–Crippen MR) is 135 cm³/mol. The second-order valence-corrected chi connectivity index (χ2v) is 10.4. The summed E-state index contributed by atoms with van der Waals surface area (Å²) in [5.74, 6) is -1.77. The molecule has 5 N–H and O–H groups in total. The summed E-state index contributed by atoms with van der Waals surface area (Å²) < 4.78 is 5.28. The number of hydrogen-bond donors (Lipinski definition) is 4. The summed E-state index contributed by atoms with van der Waals surface area (Å²) in [4.78, 5) is 52.2. The first-order valence-corrected chi connectivity index (χ1v) is 12.4. The van der Waals surface area contributed by atoms with E-state index in [9.17, 15) is 24.3 Å². The fourth-order valence-electron chi connectivity index (χ4n) is 4.32. The van der Waals surface area contributed by atoms with Crippen molar-refractivity contribution in [3.8, 4) is 5.75 Å². The van der Waals surface area contributed by atoms with Gasteiger partial charge < -0.3 is 31.1 Å². The van der Waals surface area contributed by atoms with Gasteiger partial charge in [0.1, 0.15) is 23.4 Å². The quantitative estimate of drug-likeness (QED) is 0.406. The van der Waals surface area contributed by atoms with E-state index in [4.69, 9.17) is 10.5 Å². The molecule has 0 radical (unpaired) electrons. The van der Waals surface area contributed by atoms with Crippen LogP contribution in [0.1, 0.15) is 82.9 Å². The first kappa shape index (κ1) is 28.9. The second-order valence-electron chi connectivity index (χ2n) is 10.4. The van der Waals surface area contributed by atoms with Gasteiger partial charge in [-0.15, -0.1) is 0 Å². The summed E-state index contributed by atoms with van der Waals surface area (Å²) >= 11 is 0. The van der Waals surface area contributed by atoms with Gasteiger partial charge in [-0.3, -0.25) is 14.4 Å². The van der Waals surface area contributed by atoms with Crippen LogP contribution in [0.4, 0.5) is 4.79 Å². The molecular formula is C26H40N4O6. The Morgan fingerprint density at radius 1 is 1.17 bits per heavy atom. The fraction of sp³-hybridized carbons (Fsp3) is 0.615. The summed E-state index contributed by atoms with van der Waals surface area (Å²) in [5.41, 5.74) is 5.31. The first-order chi connectivity index (χ1) is 16.8. The van der Waals surface area contributed by atoms with Gasteiger partial charge >= 0.3 is 6.09 Å². The molecule has 0 saturated heterocycles. The number of phenols is 1. The number of aromatic hydroxyl groups is 1. The Morgan fingerprint density at radius 3 is 2.39 bits per heavy atom. The lowest BCUT2D eigenvalue weighted by molar-refractivity contribution is -0.141. The van der Waals surface area contributed by atoms with Gasteiger partial charge in [0.25, 0.3) is 0 Å². The van der Waals surface area contributed by atoms with Crippen LogP contribution in [0.5, 0.6) is 5.75 Å². The molecule has 2 atom stereocenters. The average Bonchev–Trinajstić information content (AvgIpc) is 2.78. The van der Waals surface area contributed by atoms with Crippen LogP contribution >= 0.6 is 0 Å². The van der Waals surface area contributed by atoms with E-state index in [1.165, 1.54) is 11.9 Å². The van der Waals surface area contributed by atoms with E-state index in [0.29, 0.717) is 5.56 Å². The highest BCUT2D eigenvalue weighted by atomic mass is 16.6. The molecule has 10 nitrogen and oxygen atoms in total. The zero-order chi connectivity index (χ0) is 27.0. The van der Waals surface area contributed by atoms with Gasteiger partial charge in [-0.25, -0.2) is 4.79 Å². The Morgan fingerprint density at radius 2 is 1.81 bits per heavy atom. The predicted octanol–water partition coefficient (Wildman–Crippen LogP) is 2.81. The van der Waals surface area contributed by atoms with Crippen LogP contribution in [-0.2, 0) is 19.1 Å². The largest absolute Gasteiger partial charge is 0.507 e. The molecule has 2 rings (SSSR count). The van der Waals surface area contributed by atoms with Crippen molar-refractivity contribution in [1.29, 1.82) is 0 Å². The van der Waals surface area contributed by atoms with Crippen molar-refractivity contribution in [3.05, 3.63) is 29.3 Å². The number of likely N-dealkylation sites (N-methyl/N-ethyl adjacent to an activating group) is 1. The van der Waals surface area contributed by atoms with Crippen LogP contribution in [-0.4, -0.2) is 58.6 Å². The molecule has 1 aromatic rings. The Balaban J connectivity index is 2.37. The molecule has 0 aliphatic heterocycles. The van der Waals surface area contributed by atoms with E-state index in [0.717, 1.165) is 32.1 Å². The zero-order valence-corrected chi connectivity index (χ0v) is 21.9. The molecule has 4 amide bonds. The summed E-state index contributed by atoms with van der Waals surface area (Å²) in [7, 11) is 1.43. The minimum absolute atomic E-state index is 0.0187. The number of aryl methyl sites for hydroxylation is 1. The normalized spacial score (nSPS) is 15.9. The highest BCUT2D eigenvalue weighted by molar-refractivity contribution is 5.92. The van der Waals surface area contributed by atoms with Crippen molar-refractivity contribution < 1.29 is 29.0 Å².